The van der Waals surface area contributed by atoms with Crippen molar-refractivity contribution in [2.24, 2.45) is 0 Å². The molecular weight excluding hydrogens is 354 g/mol. The first-order valence-electron chi connectivity index (χ1n) is 10.1. The molecular formula is C26H29N3. The smallest absolute Gasteiger partial charge is 0.0991 e. The van der Waals surface area contributed by atoms with Crippen LogP contribution in [0.5, 0.6) is 0 Å². The van der Waals surface area contributed by atoms with Gasteiger partial charge in [-0.25, -0.2) is 4.98 Å². The molecule has 0 N–H and O–H groups in total. The Morgan fingerprint density at radius 3 is 2.31 bits per heavy atom. The Labute approximate surface area is 174 Å². The highest BCUT2D eigenvalue weighted by molar-refractivity contribution is 5.69. The van der Waals surface area contributed by atoms with Gasteiger partial charge in [-0.15, -0.1) is 0 Å². The molecule has 0 amide bonds. The number of rotatable bonds is 3. The van der Waals surface area contributed by atoms with Crippen LogP contribution in [0.1, 0.15) is 68.5 Å². The van der Waals surface area contributed by atoms with Gasteiger partial charge in [0.2, 0.25) is 0 Å². The maximum atomic E-state index is 9.13. The molecule has 148 valence electrons. The van der Waals surface area contributed by atoms with Gasteiger partial charge in [0, 0.05) is 11.1 Å². The molecule has 0 saturated heterocycles. The van der Waals surface area contributed by atoms with Crippen molar-refractivity contribution in [1.82, 2.24) is 9.97 Å². The van der Waals surface area contributed by atoms with Crippen molar-refractivity contribution in [2.45, 2.75) is 59.8 Å². The van der Waals surface area contributed by atoms with Crippen LogP contribution >= 0.6 is 0 Å². The third-order valence-corrected chi connectivity index (χ3v) is 5.19. The van der Waals surface area contributed by atoms with Crippen molar-refractivity contribution in [3.05, 3.63) is 70.5 Å². The van der Waals surface area contributed by atoms with Gasteiger partial charge in [-0.3, -0.25) is 4.98 Å². The van der Waals surface area contributed by atoms with E-state index >= 15 is 0 Å². The lowest BCUT2D eigenvalue weighted by Crippen LogP contribution is -2.12. The van der Waals surface area contributed by atoms with Crippen LogP contribution in [0.2, 0.25) is 0 Å². The van der Waals surface area contributed by atoms with E-state index in [0.717, 1.165) is 33.8 Å². The lowest BCUT2D eigenvalue weighted by molar-refractivity contribution is 0.590. The second-order valence-corrected chi connectivity index (χ2v) is 9.12. The number of nitriles is 1. The van der Waals surface area contributed by atoms with Crippen LogP contribution in [0.3, 0.4) is 0 Å². The number of aryl methyl sites for hydroxylation is 2. The number of nitrogens with zero attached hydrogens (tertiary/aromatic N) is 3. The van der Waals surface area contributed by atoms with E-state index in [1.165, 1.54) is 11.1 Å². The van der Waals surface area contributed by atoms with Gasteiger partial charge in [-0.1, -0.05) is 52.3 Å². The zero-order valence-corrected chi connectivity index (χ0v) is 18.5. The molecule has 3 rings (SSSR count). The predicted molar refractivity (Wildman–Crippen MR) is 120 cm³/mol. The van der Waals surface area contributed by atoms with E-state index in [4.69, 9.17) is 15.2 Å². The number of hydrogen-bond acceptors (Lipinski definition) is 3. The largest absolute Gasteiger partial charge is 0.252 e. The third-order valence-electron chi connectivity index (χ3n) is 5.19. The molecule has 0 radical (unpaired) electrons. The summed E-state index contributed by atoms with van der Waals surface area (Å²) >= 11 is 0. The Morgan fingerprint density at radius 2 is 1.72 bits per heavy atom. The third kappa shape index (κ3) is 4.38. The molecule has 3 aromatic rings. The van der Waals surface area contributed by atoms with Crippen LogP contribution in [0.4, 0.5) is 0 Å². The van der Waals surface area contributed by atoms with E-state index in [0.29, 0.717) is 5.56 Å². The van der Waals surface area contributed by atoms with E-state index in [1.54, 1.807) is 0 Å². The van der Waals surface area contributed by atoms with E-state index in [1.807, 2.05) is 31.3 Å². The zero-order chi connectivity index (χ0) is 21.3. The van der Waals surface area contributed by atoms with Crippen molar-refractivity contribution in [3.63, 3.8) is 0 Å². The standard InChI is InChI=1S/C26H29N3/c1-16(2)24-25(20-10-17(3)11-21(13-20)26(5,6)7)28-15-23(29-24)22-9-8-19(14-27)12-18(22)4/h8-13,15-16H,1-7H3. The molecule has 0 aliphatic carbocycles. The monoisotopic (exact) mass is 383 g/mol. The summed E-state index contributed by atoms with van der Waals surface area (Å²) < 4.78 is 0. The molecule has 0 aliphatic rings. The molecule has 0 unspecified atom stereocenters. The molecule has 0 aliphatic heterocycles. The first-order valence-corrected chi connectivity index (χ1v) is 10.1. The van der Waals surface area contributed by atoms with Gasteiger partial charge in [0.1, 0.15) is 0 Å². The number of benzene rings is 2. The highest BCUT2D eigenvalue weighted by Gasteiger charge is 2.19. The Kier molecular flexibility index (Phi) is 5.57. The van der Waals surface area contributed by atoms with Crippen LogP contribution in [0, 0.1) is 25.2 Å². The Hall–Kier alpha value is -2.99. The molecule has 0 fully saturated rings. The fourth-order valence-electron chi connectivity index (χ4n) is 3.53. The number of hydrogen-bond donors (Lipinski definition) is 0. The maximum Gasteiger partial charge on any atom is 0.0991 e. The average Bonchev–Trinajstić information content (AvgIpc) is 2.66. The summed E-state index contributed by atoms with van der Waals surface area (Å²) in [5.74, 6) is 0.245. The molecule has 0 spiro atoms. The van der Waals surface area contributed by atoms with E-state index in [-0.39, 0.29) is 11.3 Å². The maximum absolute atomic E-state index is 9.13. The SMILES string of the molecule is Cc1cc(-c2ncc(-c3ccc(C#N)cc3C)nc2C(C)C)cc(C(C)(C)C)c1. The minimum absolute atomic E-state index is 0.0751. The van der Waals surface area contributed by atoms with Crippen LogP contribution in [0.15, 0.2) is 42.6 Å². The summed E-state index contributed by atoms with van der Waals surface area (Å²) in [7, 11) is 0. The molecule has 0 atom stereocenters. The van der Waals surface area contributed by atoms with Gasteiger partial charge >= 0.3 is 0 Å². The normalized spacial score (nSPS) is 11.6. The highest BCUT2D eigenvalue weighted by atomic mass is 14.8. The van der Waals surface area contributed by atoms with Crippen LogP contribution in [-0.2, 0) is 5.41 Å². The molecule has 1 heterocycles. The quantitative estimate of drug-likeness (QED) is 0.504. The fraction of sp³-hybridized carbons (Fsp3) is 0.346. The molecule has 3 heteroatoms. The lowest BCUT2D eigenvalue weighted by Gasteiger charge is -2.21. The van der Waals surface area contributed by atoms with Crippen molar-refractivity contribution in [1.29, 1.82) is 5.26 Å². The van der Waals surface area contributed by atoms with E-state index < -0.39 is 0 Å². The van der Waals surface area contributed by atoms with E-state index in [2.05, 4.69) is 65.8 Å². The lowest BCUT2D eigenvalue weighted by atomic mass is 9.84. The van der Waals surface area contributed by atoms with Gasteiger partial charge in [-0.2, -0.15) is 5.26 Å². The number of aromatic nitrogens is 2. The average molecular weight is 384 g/mol. The molecule has 0 bridgehead atoms. The predicted octanol–water partition coefficient (Wildman–Crippen LogP) is 6.72. The fourth-order valence-corrected chi connectivity index (χ4v) is 3.53. The summed E-state index contributed by atoms with van der Waals surface area (Å²) in [5.41, 5.74) is 9.24. The van der Waals surface area contributed by atoms with Crippen molar-refractivity contribution in [2.75, 3.05) is 0 Å². The van der Waals surface area contributed by atoms with Gasteiger partial charge in [0.15, 0.2) is 0 Å². The second kappa shape index (κ2) is 7.79. The Bertz CT molecular complexity index is 1100. The van der Waals surface area contributed by atoms with Gasteiger partial charge in [0.25, 0.3) is 0 Å². The van der Waals surface area contributed by atoms with Gasteiger partial charge < -0.3 is 0 Å². The summed E-state index contributed by atoms with van der Waals surface area (Å²) in [4.78, 5) is 9.88. The van der Waals surface area contributed by atoms with Crippen molar-refractivity contribution in [3.8, 4) is 28.6 Å². The second-order valence-electron chi connectivity index (χ2n) is 9.12. The van der Waals surface area contributed by atoms with Crippen LogP contribution in [-0.4, -0.2) is 9.97 Å². The van der Waals surface area contributed by atoms with Crippen LogP contribution < -0.4 is 0 Å². The first-order chi connectivity index (χ1) is 13.6. The van der Waals surface area contributed by atoms with Gasteiger partial charge in [-0.05, 0) is 60.6 Å². The molecule has 29 heavy (non-hydrogen) atoms. The summed E-state index contributed by atoms with van der Waals surface area (Å²) in [6.07, 6.45) is 1.86. The molecule has 3 nitrogen and oxygen atoms in total. The molecule has 0 saturated carbocycles. The summed E-state index contributed by atoms with van der Waals surface area (Å²) in [5, 5.41) is 9.13. The molecule has 2 aromatic carbocycles. The van der Waals surface area contributed by atoms with Gasteiger partial charge in [0.05, 0.1) is 34.9 Å². The Balaban J connectivity index is 2.16. The van der Waals surface area contributed by atoms with Crippen molar-refractivity contribution < 1.29 is 0 Å². The Morgan fingerprint density at radius 1 is 1.00 bits per heavy atom. The summed E-state index contributed by atoms with van der Waals surface area (Å²) in [6, 6.07) is 14.6. The minimum Gasteiger partial charge on any atom is -0.252 e. The zero-order valence-electron chi connectivity index (χ0n) is 18.5. The summed E-state index contributed by atoms with van der Waals surface area (Å²) in [6.45, 7) is 15.2. The van der Waals surface area contributed by atoms with E-state index in [9.17, 15) is 0 Å². The minimum atomic E-state index is 0.0751. The van der Waals surface area contributed by atoms with Crippen molar-refractivity contribution >= 4 is 0 Å². The molecule has 1 aromatic heterocycles. The van der Waals surface area contributed by atoms with Crippen LogP contribution in [0.25, 0.3) is 22.5 Å². The topological polar surface area (TPSA) is 49.6 Å². The first kappa shape index (κ1) is 20.7. The highest BCUT2D eigenvalue weighted by Crippen LogP contribution is 2.33.